The van der Waals surface area contributed by atoms with E-state index in [1.165, 1.54) is 24.5 Å². The van der Waals surface area contributed by atoms with Crippen molar-refractivity contribution in [2.24, 2.45) is 0 Å². The minimum atomic E-state index is -0.502. The first kappa shape index (κ1) is 18.2. The minimum absolute atomic E-state index is 0.182. The number of morpholine rings is 1. The largest absolute Gasteiger partial charge is 0.497 e. The van der Waals surface area contributed by atoms with Gasteiger partial charge in [0.15, 0.2) is 5.78 Å². The fraction of sp³-hybridized carbons (Fsp3) is 0.263. The summed E-state index contributed by atoms with van der Waals surface area (Å²) in [4.78, 5) is 27.5. The SMILES string of the molecule is COc1ccc(C(=O)/C=C/c2cccs2)c(OC(=O)N2CCOCC2)c1. The van der Waals surface area contributed by atoms with Gasteiger partial charge in [0.05, 0.1) is 25.9 Å². The molecule has 1 fully saturated rings. The van der Waals surface area contributed by atoms with Crippen LogP contribution in [0.15, 0.2) is 41.8 Å². The van der Waals surface area contributed by atoms with Crippen molar-refractivity contribution in [2.75, 3.05) is 33.4 Å². The molecule has 1 amide bonds. The fourth-order valence-electron chi connectivity index (χ4n) is 2.46. The van der Waals surface area contributed by atoms with Gasteiger partial charge in [-0.2, -0.15) is 0 Å². The van der Waals surface area contributed by atoms with Crippen molar-refractivity contribution in [3.8, 4) is 11.5 Å². The van der Waals surface area contributed by atoms with Gasteiger partial charge in [-0.3, -0.25) is 4.79 Å². The molecule has 26 heavy (non-hydrogen) atoms. The first-order valence-electron chi connectivity index (χ1n) is 8.16. The molecule has 0 bridgehead atoms. The van der Waals surface area contributed by atoms with Gasteiger partial charge in [-0.25, -0.2) is 4.79 Å². The van der Waals surface area contributed by atoms with Crippen molar-refractivity contribution in [3.63, 3.8) is 0 Å². The van der Waals surface area contributed by atoms with E-state index in [1.807, 2.05) is 17.5 Å². The first-order valence-corrected chi connectivity index (χ1v) is 9.04. The summed E-state index contributed by atoms with van der Waals surface area (Å²) in [5.74, 6) is 0.445. The van der Waals surface area contributed by atoms with Crippen molar-refractivity contribution in [1.29, 1.82) is 0 Å². The van der Waals surface area contributed by atoms with Gasteiger partial charge in [-0.15, -0.1) is 11.3 Å². The van der Waals surface area contributed by atoms with Crippen LogP contribution in [0, 0.1) is 0 Å². The van der Waals surface area contributed by atoms with Crippen LogP contribution in [0.4, 0.5) is 4.79 Å². The van der Waals surface area contributed by atoms with E-state index in [9.17, 15) is 9.59 Å². The van der Waals surface area contributed by atoms with E-state index in [2.05, 4.69) is 0 Å². The number of rotatable bonds is 5. The molecule has 0 spiro atoms. The van der Waals surface area contributed by atoms with Gasteiger partial charge in [0.1, 0.15) is 11.5 Å². The summed E-state index contributed by atoms with van der Waals surface area (Å²) in [5.41, 5.74) is 0.306. The Morgan fingerprint density at radius 1 is 1.23 bits per heavy atom. The molecule has 0 N–H and O–H groups in total. The minimum Gasteiger partial charge on any atom is -0.497 e. The number of carbonyl (C=O) groups is 2. The topological polar surface area (TPSA) is 65.1 Å². The van der Waals surface area contributed by atoms with E-state index in [0.717, 1.165) is 4.88 Å². The Morgan fingerprint density at radius 3 is 2.73 bits per heavy atom. The van der Waals surface area contributed by atoms with Crippen molar-refractivity contribution < 1.29 is 23.8 Å². The van der Waals surface area contributed by atoms with Gasteiger partial charge in [0, 0.05) is 24.0 Å². The molecule has 3 rings (SSSR count). The van der Waals surface area contributed by atoms with Gasteiger partial charge in [0.25, 0.3) is 0 Å². The Kier molecular flexibility index (Phi) is 6.04. The van der Waals surface area contributed by atoms with Crippen LogP contribution < -0.4 is 9.47 Å². The first-order chi connectivity index (χ1) is 12.7. The summed E-state index contributed by atoms with van der Waals surface area (Å²) in [6.45, 7) is 1.87. The monoisotopic (exact) mass is 373 g/mol. The predicted molar refractivity (Wildman–Crippen MR) is 99.1 cm³/mol. The second kappa shape index (κ2) is 8.64. The molecule has 7 heteroatoms. The number of ether oxygens (including phenoxy) is 3. The summed E-state index contributed by atoms with van der Waals surface area (Å²) < 4.78 is 15.9. The maximum atomic E-state index is 12.6. The second-order valence-electron chi connectivity index (χ2n) is 5.54. The van der Waals surface area contributed by atoms with Crippen LogP contribution >= 0.6 is 11.3 Å². The normalized spacial score (nSPS) is 14.4. The Bertz CT molecular complexity index is 794. The lowest BCUT2D eigenvalue weighted by atomic mass is 10.1. The standard InChI is InChI=1S/C19H19NO5S/c1-23-14-4-6-16(17(21)7-5-15-3-2-12-26-15)18(13-14)25-19(22)20-8-10-24-11-9-20/h2-7,12-13H,8-11H2,1H3/b7-5+. The molecule has 0 saturated carbocycles. The van der Waals surface area contributed by atoms with Crippen molar-refractivity contribution in [1.82, 2.24) is 4.90 Å². The van der Waals surface area contributed by atoms with Crippen LogP contribution in [0.1, 0.15) is 15.2 Å². The molecule has 0 unspecified atom stereocenters. The summed E-state index contributed by atoms with van der Waals surface area (Å²) >= 11 is 1.54. The zero-order chi connectivity index (χ0) is 18.4. The van der Waals surface area contributed by atoms with Crippen molar-refractivity contribution >= 4 is 29.3 Å². The number of hydrogen-bond donors (Lipinski definition) is 0. The van der Waals surface area contributed by atoms with Gasteiger partial charge >= 0.3 is 6.09 Å². The maximum absolute atomic E-state index is 12.6. The number of methoxy groups -OCH3 is 1. The fourth-order valence-corrected chi connectivity index (χ4v) is 3.07. The molecular formula is C19H19NO5S. The van der Waals surface area contributed by atoms with E-state index < -0.39 is 6.09 Å². The molecule has 0 radical (unpaired) electrons. The lowest BCUT2D eigenvalue weighted by Crippen LogP contribution is -2.42. The number of thiophene rings is 1. The highest BCUT2D eigenvalue weighted by molar-refractivity contribution is 7.10. The average molecular weight is 373 g/mol. The summed E-state index contributed by atoms with van der Waals surface area (Å²) in [6, 6.07) is 8.64. The lowest BCUT2D eigenvalue weighted by Gasteiger charge is -2.26. The Morgan fingerprint density at radius 2 is 2.04 bits per heavy atom. The van der Waals surface area contributed by atoms with Gasteiger partial charge in [0.2, 0.25) is 0 Å². The third-order valence-electron chi connectivity index (χ3n) is 3.86. The van der Waals surface area contributed by atoms with Crippen LogP contribution in [0.25, 0.3) is 6.08 Å². The summed E-state index contributed by atoms with van der Waals surface area (Å²) in [7, 11) is 1.51. The Balaban J connectivity index is 1.80. The third kappa shape index (κ3) is 4.50. The van der Waals surface area contributed by atoms with E-state index in [0.29, 0.717) is 37.6 Å². The van der Waals surface area contributed by atoms with E-state index in [1.54, 1.807) is 29.2 Å². The molecule has 2 aromatic rings. The third-order valence-corrected chi connectivity index (χ3v) is 4.70. The number of carbonyl (C=O) groups excluding carboxylic acids is 2. The zero-order valence-corrected chi connectivity index (χ0v) is 15.2. The van der Waals surface area contributed by atoms with E-state index >= 15 is 0 Å². The summed E-state index contributed by atoms with van der Waals surface area (Å²) in [5, 5.41) is 1.94. The molecule has 1 aliphatic heterocycles. The Labute approximate surface area is 155 Å². The zero-order valence-electron chi connectivity index (χ0n) is 14.3. The van der Waals surface area contributed by atoms with Gasteiger partial charge < -0.3 is 19.1 Å². The van der Waals surface area contributed by atoms with Gasteiger partial charge in [-0.1, -0.05) is 6.07 Å². The molecule has 1 aromatic carbocycles. The van der Waals surface area contributed by atoms with Crippen molar-refractivity contribution in [2.45, 2.75) is 0 Å². The number of nitrogens with zero attached hydrogens (tertiary/aromatic N) is 1. The average Bonchev–Trinajstić information content (AvgIpc) is 3.20. The molecule has 1 aromatic heterocycles. The molecule has 1 saturated heterocycles. The molecule has 2 heterocycles. The van der Waals surface area contributed by atoms with Crippen LogP contribution in [0.3, 0.4) is 0 Å². The predicted octanol–water partition coefficient (Wildman–Crippen LogP) is 3.48. The number of hydrogen-bond acceptors (Lipinski definition) is 6. The van der Waals surface area contributed by atoms with Crippen LogP contribution in [0.5, 0.6) is 11.5 Å². The molecule has 136 valence electrons. The van der Waals surface area contributed by atoms with Crippen LogP contribution in [-0.2, 0) is 4.74 Å². The van der Waals surface area contributed by atoms with Crippen LogP contribution in [0.2, 0.25) is 0 Å². The highest BCUT2D eigenvalue weighted by Crippen LogP contribution is 2.27. The summed E-state index contributed by atoms with van der Waals surface area (Å²) in [6.07, 6.45) is 2.71. The van der Waals surface area contributed by atoms with Gasteiger partial charge in [-0.05, 0) is 35.7 Å². The van der Waals surface area contributed by atoms with Crippen molar-refractivity contribution in [3.05, 3.63) is 52.2 Å². The molecule has 6 nitrogen and oxygen atoms in total. The molecule has 0 aliphatic carbocycles. The van der Waals surface area contributed by atoms with Crippen LogP contribution in [-0.4, -0.2) is 50.2 Å². The number of amides is 1. The smallest absolute Gasteiger partial charge is 0.415 e. The number of benzene rings is 1. The van der Waals surface area contributed by atoms with E-state index in [4.69, 9.17) is 14.2 Å². The second-order valence-corrected chi connectivity index (χ2v) is 6.52. The maximum Gasteiger partial charge on any atom is 0.415 e. The molecular weight excluding hydrogens is 354 g/mol. The highest BCUT2D eigenvalue weighted by Gasteiger charge is 2.21. The highest BCUT2D eigenvalue weighted by atomic mass is 32.1. The number of allylic oxidation sites excluding steroid dienone is 1. The molecule has 0 atom stereocenters. The quantitative estimate of drug-likeness (QED) is 0.593. The molecule has 1 aliphatic rings. The number of ketones is 1. The Hall–Kier alpha value is -2.64. The van der Waals surface area contributed by atoms with E-state index in [-0.39, 0.29) is 11.5 Å². The lowest BCUT2D eigenvalue weighted by molar-refractivity contribution is 0.0415.